The molecule has 6 heteroatoms. The number of benzene rings is 1. The van der Waals surface area contributed by atoms with Crippen molar-refractivity contribution in [2.75, 3.05) is 13.2 Å². The molecule has 1 aromatic rings. The molecule has 0 saturated carbocycles. The topological polar surface area (TPSA) is 57.6 Å². The predicted octanol–water partition coefficient (Wildman–Crippen LogP) is 1.36. The number of nitrogens with zero attached hydrogens (tertiary/aromatic N) is 1. The van der Waals surface area contributed by atoms with Gasteiger partial charge >= 0.3 is 0 Å². The van der Waals surface area contributed by atoms with Crippen LogP contribution in [0.4, 0.5) is 4.39 Å². The summed E-state index contributed by atoms with van der Waals surface area (Å²) in [5.41, 5.74) is 0. The number of aliphatic hydroxyl groups is 1. The van der Waals surface area contributed by atoms with Gasteiger partial charge in [-0.25, -0.2) is 12.8 Å². The van der Waals surface area contributed by atoms with Gasteiger partial charge in [0.15, 0.2) is 0 Å². The number of rotatable bonds is 3. The van der Waals surface area contributed by atoms with Crippen LogP contribution in [-0.2, 0) is 10.0 Å². The summed E-state index contributed by atoms with van der Waals surface area (Å²) < 4.78 is 39.1. The van der Waals surface area contributed by atoms with Crippen LogP contribution in [0.3, 0.4) is 0 Å². The van der Waals surface area contributed by atoms with Gasteiger partial charge in [0.2, 0.25) is 10.0 Å². The number of hydrogen-bond donors (Lipinski definition) is 1. The molecule has 1 saturated heterocycles. The van der Waals surface area contributed by atoms with E-state index in [0.29, 0.717) is 13.0 Å². The minimum atomic E-state index is -3.71. The zero-order chi connectivity index (χ0) is 13.2. The van der Waals surface area contributed by atoms with Gasteiger partial charge in [-0.1, -0.05) is 12.5 Å². The zero-order valence-corrected chi connectivity index (χ0v) is 10.7. The Hall–Kier alpha value is -0.980. The van der Waals surface area contributed by atoms with Gasteiger partial charge in [-0.3, -0.25) is 0 Å². The maximum absolute atomic E-state index is 13.1. The first kappa shape index (κ1) is 13.5. The molecule has 1 aliphatic rings. The van der Waals surface area contributed by atoms with Gasteiger partial charge in [-0.2, -0.15) is 4.31 Å². The molecule has 1 aromatic carbocycles. The summed E-state index contributed by atoms with van der Waals surface area (Å²) in [4.78, 5) is -0.0529. The molecule has 2 rings (SSSR count). The van der Waals surface area contributed by atoms with Gasteiger partial charge in [0, 0.05) is 12.6 Å². The van der Waals surface area contributed by atoms with Crippen LogP contribution in [0.1, 0.15) is 19.3 Å². The Bertz CT molecular complexity index is 518. The van der Waals surface area contributed by atoms with Crippen molar-refractivity contribution in [3.63, 3.8) is 0 Å². The SMILES string of the molecule is O=S(=O)(c1cccc(F)c1)N1CCCCC1CO. The molecule has 1 fully saturated rings. The lowest BCUT2D eigenvalue weighted by molar-refractivity contribution is 0.155. The average molecular weight is 273 g/mol. The predicted molar refractivity (Wildman–Crippen MR) is 65.0 cm³/mol. The van der Waals surface area contributed by atoms with Crippen molar-refractivity contribution in [1.29, 1.82) is 0 Å². The van der Waals surface area contributed by atoms with Gasteiger partial charge in [0.1, 0.15) is 5.82 Å². The molecule has 0 spiro atoms. The van der Waals surface area contributed by atoms with E-state index in [2.05, 4.69) is 0 Å². The molecule has 1 heterocycles. The fourth-order valence-electron chi connectivity index (χ4n) is 2.24. The van der Waals surface area contributed by atoms with E-state index in [-0.39, 0.29) is 11.5 Å². The van der Waals surface area contributed by atoms with Crippen molar-refractivity contribution < 1.29 is 17.9 Å². The number of piperidine rings is 1. The first-order valence-electron chi connectivity index (χ1n) is 5.94. The van der Waals surface area contributed by atoms with E-state index in [0.717, 1.165) is 18.9 Å². The molecular weight excluding hydrogens is 257 g/mol. The highest BCUT2D eigenvalue weighted by atomic mass is 32.2. The van der Waals surface area contributed by atoms with E-state index in [1.165, 1.54) is 22.5 Å². The van der Waals surface area contributed by atoms with Gasteiger partial charge < -0.3 is 5.11 Å². The molecule has 0 aromatic heterocycles. The summed E-state index contributed by atoms with van der Waals surface area (Å²) in [6, 6.07) is 4.57. The largest absolute Gasteiger partial charge is 0.395 e. The second kappa shape index (κ2) is 5.34. The van der Waals surface area contributed by atoms with Crippen LogP contribution in [0.2, 0.25) is 0 Å². The summed E-state index contributed by atoms with van der Waals surface area (Å²) in [5, 5.41) is 9.25. The third-order valence-electron chi connectivity index (χ3n) is 3.19. The van der Waals surface area contributed by atoms with Gasteiger partial charge in [-0.05, 0) is 31.0 Å². The molecular formula is C12H16FNO3S. The lowest BCUT2D eigenvalue weighted by Crippen LogP contribution is -2.45. The minimum Gasteiger partial charge on any atom is -0.395 e. The number of sulfonamides is 1. The Kier molecular flexibility index (Phi) is 3.99. The Labute approximate surface area is 106 Å². The molecule has 0 radical (unpaired) electrons. The van der Waals surface area contributed by atoms with Crippen LogP contribution in [0.15, 0.2) is 29.2 Å². The molecule has 4 nitrogen and oxygen atoms in total. The van der Waals surface area contributed by atoms with Gasteiger partial charge in [0.25, 0.3) is 0 Å². The summed E-state index contributed by atoms with van der Waals surface area (Å²) in [6.07, 6.45) is 2.32. The van der Waals surface area contributed by atoms with Crippen molar-refractivity contribution >= 4 is 10.0 Å². The van der Waals surface area contributed by atoms with Crippen LogP contribution in [-0.4, -0.2) is 37.0 Å². The normalized spacial score (nSPS) is 22.0. The molecule has 1 N–H and O–H groups in total. The minimum absolute atomic E-state index is 0.0529. The zero-order valence-electron chi connectivity index (χ0n) is 9.92. The molecule has 1 atom stereocenters. The number of halogens is 1. The maximum Gasteiger partial charge on any atom is 0.243 e. The van der Waals surface area contributed by atoms with E-state index < -0.39 is 21.9 Å². The Morgan fingerprint density at radius 1 is 1.39 bits per heavy atom. The fraction of sp³-hybridized carbons (Fsp3) is 0.500. The summed E-state index contributed by atoms with van der Waals surface area (Å²) in [5.74, 6) is -0.575. The molecule has 1 aliphatic heterocycles. The summed E-state index contributed by atoms with van der Waals surface area (Å²) in [7, 11) is -3.71. The van der Waals surface area contributed by atoms with Gasteiger partial charge in [-0.15, -0.1) is 0 Å². The number of hydrogen-bond acceptors (Lipinski definition) is 3. The third kappa shape index (κ3) is 2.55. The standard InChI is InChI=1S/C12H16FNO3S/c13-10-4-3-6-12(8-10)18(16,17)14-7-2-1-5-11(14)9-15/h3-4,6,8,11,15H,1-2,5,7,9H2. The van der Waals surface area contributed by atoms with Crippen LogP contribution >= 0.6 is 0 Å². The Morgan fingerprint density at radius 3 is 2.83 bits per heavy atom. The summed E-state index contributed by atoms with van der Waals surface area (Å²) in [6.45, 7) is 0.179. The van der Waals surface area contributed by atoms with E-state index in [1.807, 2.05) is 0 Å². The van der Waals surface area contributed by atoms with Crippen molar-refractivity contribution in [3.05, 3.63) is 30.1 Å². The molecule has 1 unspecified atom stereocenters. The van der Waals surface area contributed by atoms with Crippen LogP contribution < -0.4 is 0 Å². The smallest absolute Gasteiger partial charge is 0.243 e. The molecule has 100 valence electrons. The van der Waals surface area contributed by atoms with E-state index in [1.54, 1.807) is 0 Å². The van der Waals surface area contributed by atoms with Crippen molar-refractivity contribution in [1.82, 2.24) is 4.31 Å². The second-order valence-electron chi connectivity index (χ2n) is 4.41. The lowest BCUT2D eigenvalue weighted by atomic mass is 10.1. The lowest BCUT2D eigenvalue weighted by Gasteiger charge is -2.33. The molecule has 0 bridgehead atoms. The van der Waals surface area contributed by atoms with Crippen molar-refractivity contribution in [2.24, 2.45) is 0 Å². The molecule has 18 heavy (non-hydrogen) atoms. The number of aliphatic hydroxyl groups excluding tert-OH is 1. The first-order chi connectivity index (χ1) is 8.55. The molecule has 0 aliphatic carbocycles. The quantitative estimate of drug-likeness (QED) is 0.904. The van der Waals surface area contributed by atoms with Crippen LogP contribution in [0.25, 0.3) is 0 Å². The first-order valence-corrected chi connectivity index (χ1v) is 7.38. The summed E-state index contributed by atoms with van der Waals surface area (Å²) >= 11 is 0. The van der Waals surface area contributed by atoms with E-state index >= 15 is 0 Å². The van der Waals surface area contributed by atoms with Crippen LogP contribution in [0.5, 0.6) is 0 Å². The van der Waals surface area contributed by atoms with E-state index in [9.17, 15) is 17.9 Å². The second-order valence-corrected chi connectivity index (χ2v) is 6.30. The molecule has 0 amide bonds. The average Bonchev–Trinajstić information content (AvgIpc) is 2.38. The highest BCUT2D eigenvalue weighted by Crippen LogP contribution is 2.25. The fourth-order valence-corrected chi connectivity index (χ4v) is 3.95. The third-order valence-corrected chi connectivity index (χ3v) is 5.13. The van der Waals surface area contributed by atoms with Crippen molar-refractivity contribution in [3.8, 4) is 0 Å². The highest BCUT2D eigenvalue weighted by molar-refractivity contribution is 7.89. The maximum atomic E-state index is 13.1. The van der Waals surface area contributed by atoms with Crippen molar-refractivity contribution in [2.45, 2.75) is 30.2 Å². The monoisotopic (exact) mass is 273 g/mol. The van der Waals surface area contributed by atoms with Gasteiger partial charge in [0.05, 0.1) is 11.5 Å². The van der Waals surface area contributed by atoms with E-state index in [4.69, 9.17) is 0 Å². The Morgan fingerprint density at radius 2 is 2.17 bits per heavy atom. The highest BCUT2D eigenvalue weighted by Gasteiger charge is 2.33. The van der Waals surface area contributed by atoms with Crippen LogP contribution in [0, 0.1) is 5.82 Å². The Balaban J connectivity index is 2.35.